The summed E-state index contributed by atoms with van der Waals surface area (Å²) in [7, 11) is -3.76. The molecule has 0 radical (unpaired) electrons. The fraction of sp³-hybridized carbons (Fsp3) is 0.812. The lowest BCUT2D eigenvalue weighted by molar-refractivity contribution is -0.366. The van der Waals surface area contributed by atoms with Crippen molar-refractivity contribution in [1.82, 2.24) is 0 Å². The molecule has 4 atom stereocenters. The standard InChI is InChI=1S/C13H34O5Si3.C3H4O2/c1-9-11(19)13(16,18-21(6,7)8)12(15,10(2)14)17-20(3,4)5;1-2-3(4)5/h10-11,14-16H,9H2,1-8,19H3;2H,1H2,(H,4,5). The van der Waals surface area contributed by atoms with Gasteiger partial charge in [-0.25, -0.2) is 4.79 Å². The second kappa shape index (κ2) is 10.3. The minimum atomic E-state index is -2.22. The lowest BCUT2D eigenvalue weighted by Gasteiger charge is -2.51. The molecular formula is C16H38O7Si3. The summed E-state index contributed by atoms with van der Waals surface area (Å²) in [6.07, 6.45) is 0.227. The molecule has 156 valence electrons. The highest BCUT2D eigenvalue weighted by atomic mass is 28.4. The van der Waals surface area contributed by atoms with E-state index >= 15 is 0 Å². The average Bonchev–Trinajstić information content (AvgIpc) is 2.42. The first kappa shape index (κ1) is 27.9. The summed E-state index contributed by atoms with van der Waals surface area (Å²) in [4.78, 5) is 9.25. The number of carboxylic acid groups (broad SMARTS) is 1. The van der Waals surface area contributed by atoms with Crippen LogP contribution < -0.4 is 0 Å². The summed E-state index contributed by atoms with van der Waals surface area (Å²) in [5, 5.41) is 40.0. The number of aliphatic carboxylic acids is 1. The zero-order valence-electron chi connectivity index (χ0n) is 17.7. The highest BCUT2D eigenvalue weighted by Gasteiger charge is 2.60. The lowest BCUT2D eigenvalue weighted by Crippen LogP contribution is -2.69. The van der Waals surface area contributed by atoms with Crippen molar-refractivity contribution in [3.63, 3.8) is 0 Å². The third-order valence-electron chi connectivity index (χ3n) is 3.46. The number of rotatable bonds is 9. The monoisotopic (exact) mass is 426 g/mol. The van der Waals surface area contributed by atoms with Crippen LogP contribution in [0.5, 0.6) is 0 Å². The van der Waals surface area contributed by atoms with E-state index in [0.29, 0.717) is 16.7 Å². The number of aliphatic hydroxyl groups is 3. The Morgan fingerprint density at radius 2 is 1.42 bits per heavy atom. The van der Waals surface area contributed by atoms with Gasteiger partial charge < -0.3 is 29.3 Å². The summed E-state index contributed by atoms with van der Waals surface area (Å²) < 4.78 is 11.8. The molecule has 4 unspecified atom stereocenters. The largest absolute Gasteiger partial charge is 0.478 e. The molecule has 0 aliphatic carbocycles. The van der Waals surface area contributed by atoms with Crippen LogP contribution in [0.15, 0.2) is 12.7 Å². The molecule has 0 saturated carbocycles. The Bertz CT molecular complexity index is 460. The molecule has 0 rings (SSSR count). The van der Waals surface area contributed by atoms with Gasteiger partial charge in [0, 0.05) is 21.9 Å². The molecule has 26 heavy (non-hydrogen) atoms. The molecule has 0 aliphatic rings. The van der Waals surface area contributed by atoms with Crippen molar-refractivity contribution in [3.05, 3.63) is 12.7 Å². The highest BCUT2D eigenvalue weighted by molar-refractivity contribution is 6.70. The number of carbonyl (C=O) groups is 1. The number of hydrogen-bond acceptors (Lipinski definition) is 6. The van der Waals surface area contributed by atoms with E-state index in [-0.39, 0.29) is 5.54 Å². The first-order valence-corrected chi connectivity index (χ1v) is 16.7. The molecule has 0 saturated heterocycles. The van der Waals surface area contributed by atoms with Crippen molar-refractivity contribution in [2.45, 2.75) is 82.8 Å². The van der Waals surface area contributed by atoms with Crippen molar-refractivity contribution in [1.29, 1.82) is 0 Å². The third kappa shape index (κ3) is 9.04. The Hall–Kier alpha value is -0.339. The second-order valence-corrected chi connectivity index (χ2v) is 18.6. The summed E-state index contributed by atoms with van der Waals surface area (Å²) in [5.41, 5.74) is -0.250. The minimum absolute atomic E-state index is 0.250. The number of aliphatic hydroxyl groups excluding tert-OH is 1. The van der Waals surface area contributed by atoms with Crippen LogP contribution in [-0.2, 0) is 13.6 Å². The molecule has 0 aromatic heterocycles. The van der Waals surface area contributed by atoms with Crippen LogP contribution in [-0.4, -0.2) is 71.0 Å². The minimum Gasteiger partial charge on any atom is -0.478 e. The zero-order valence-corrected chi connectivity index (χ0v) is 21.7. The van der Waals surface area contributed by atoms with Gasteiger partial charge in [-0.05, 0) is 46.2 Å². The van der Waals surface area contributed by atoms with Gasteiger partial charge in [-0.3, -0.25) is 0 Å². The molecule has 0 heterocycles. The Balaban J connectivity index is 0. The van der Waals surface area contributed by atoms with E-state index in [0.717, 1.165) is 6.08 Å². The topological polar surface area (TPSA) is 116 Å². The van der Waals surface area contributed by atoms with Gasteiger partial charge in [-0.15, -0.1) is 0 Å². The van der Waals surface area contributed by atoms with Gasteiger partial charge in [0.1, 0.15) is 6.10 Å². The molecule has 0 spiro atoms. The third-order valence-corrected chi connectivity index (χ3v) is 6.90. The summed E-state index contributed by atoms with van der Waals surface area (Å²) in [6.45, 7) is 17.9. The van der Waals surface area contributed by atoms with Crippen molar-refractivity contribution in [3.8, 4) is 0 Å². The Morgan fingerprint density at radius 3 is 1.62 bits per heavy atom. The molecular weight excluding hydrogens is 388 g/mol. The normalized spacial score (nSPS) is 19.3. The Morgan fingerprint density at radius 1 is 1.12 bits per heavy atom. The maximum absolute atomic E-state index is 11.2. The quantitative estimate of drug-likeness (QED) is 0.249. The van der Waals surface area contributed by atoms with Crippen LogP contribution >= 0.6 is 0 Å². The van der Waals surface area contributed by atoms with E-state index < -0.39 is 40.3 Å². The fourth-order valence-corrected chi connectivity index (χ4v) is 5.49. The molecule has 4 N–H and O–H groups in total. The number of carboxylic acids is 1. The van der Waals surface area contributed by atoms with E-state index in [2.05, 4.69) is 6.58 Å². The van der Waals surface area contributed by atoms with Crippen LogP contribution in [0.2, 0.25) is 44.8 Å². The first-order valence-electron chi connectivity index (χ1n) is 8.74. The van der Waals surface area contributed by atoms with Crippen LogP contribution in [0.1, 0.15) is 20.3 Å². The predicted molar refractivity (Wildman–Crippen MR) is 112 cm³/mol. The molecule has 0 aromatic rings. The van der Waals surface area contributed by atoms with Crippen molar-refractivity contribution < 1.29 is 34.1 Å². The SMILES string of the molecule is C=CC(=O)O.CCC([SiH3])C(O)(O[Si](C)(C)C)C(O)(O[Si](C)(C)C)C(C)O. The van der Waals surface area contributed by atoms with Gasteiger partial charge >= 0.3 is 5.97 Å². The molecule has 10 heteroatoms. The summed E-state index contributed by atoms with van der Waals surface area (Å²) in [6, 6.07) is 0. The average molecular weight is 427 g/mol. The van der Waals surface area contributed by atoms with Crippen LogP contribution in [0.4, 0.5) is 0 Å². The maximum atomic E-state index is 11.2. The van der Waals surface area contributed by atoms with E-state index in [9.17, 15) is 20.1 Å². The van der Waals surface area contributed by atoms with Crippen molar-refractivity contribution in [2.75, 3.05) is 0 Å². The van der Waals surface area contributed by atoms with Crippen molar-refractivity contribution in [2.24, 2.45) is 0 Å². The maximum Gasteiger partial charge on any atom is 0.327 e. The highest BCUT2D eigenvalue weighted by Crippen LogP contribution is 2.42. The smallest absolute Gasteiger partial charge is 0.327 e. The lowest BCUT2D eigenvalue weighted by atomic mass is 9.96. The Kier molecular flexibility index (Phi) is 11.0. The molecule has 0 aliphatic heterocycles. The summed E-state index contributed by atoms with van der Waals surface area (Å²) in [5.74, 6) is -4.97. The van der Waals surface area contributed by atoms with E-state index in [1.165, 1.54) is 6.92 Å². The fourth-order valence-electron chi connectivity index (χ4n) is 2.19. The van der Waals surface area contributed by atoms with Gasteiger partial charge in [0.05, 0.1) is 0 Å². The Labute approximate surface area is 162 Å². The summed E-state index contributed by atoms with van der Waals surface area (Å²) >= 11 is 0. The zero-order chi connectivity index (χ0) is 21.6. The van der Waals surface area contributed by atoms with Gasteiger partial charge in [0.25, 0.3) is 0 Å². The van der Waals surface area contributed by atoms with Crippen LogP contribution in [0.3, 0.4) is 0 Å². The molecule has 0 bridgehead atoms. The second-order valence-electron chi connectivity index (χ2n) is 8.35. The van der Waals surface area contributed by atoms with E-state index in [1.807, 2.05) is 46.2 Å². The van der Waals surface area contributed by atoms with E-state index in [1.54, 1.807) is 0 Å². The van der Waals surface area contributed by atoms with Crippen LogP contribution in [0, 0.1) is 0 Å². The molecule has 0 amide bonds. The van der Waals surface area contributed by atoms with Gasteiger partial charge in [0.15, 0.2) is 16.6 Å². The van der Waals surface area contributed by atoms with Gasteiger partial charge in [-0.1, -0.05) is 19.9 Å². The van der Waals surface area contributed by atoms with Crippen LogP contribution in [0.25, 0.3) is 0 Å². The molecule has 0 aromatic carbocycles. The van der Waals surface area contributed by atoms with Gasteiger partial charge in [0.2, 0.25) is 11.6 Å². The number of hydrogen-bond donors (Lipinski definition) is 4. The van der Waals surface area contributed by atoms with Crippen molar-refractivity contribution >= 4 is 32.8 Å². The predicted octanol–water partition coefficient (Wildman–Crippen LogP) is 1.27. The molecule has 0 fully saturated rings. The first-order chi connectivity index (χ1) is 11.4. The van der Waals surface area contributed by atoms with E-state index in [4.69, 9.17) is 14.0 Å². The van der Waals surface area contributed by atoms with Gasteiger partial charge in [-0.2, -0.15) is 0 Å². The molecule has 7 nitrogen and oxygen atoms in total.